The van der Waals surface area contributed by atoms with Gasteiger partial charge in [-0.3, -0.25) is 19.4 Å². The van der Waals surface area contributed by atoms with E-state index in [1.807, 2.05) is 20.8 Å². The molecular formula is C30H31ClFN5O4. The molecule has 2 aliphatic rings. The quantitative estimate of drug-likeness (QED) is 0.342. The van der Waals surface area contributed by atoms with Crippen molar-refractivity contribution in [1.29, 1.82) is 0 Å². The molecule has 214 valence electrons. The first-order valence-corrected chi connectivity index (χ1v) is 13.5. The minimum absolute atomic E-state index is 0.121. The molecule has 4 atom stereocenters. The van der Waals surface area contributed by atoms with Crippen molar-refractivity contribution in [3.63, 3.8) is 0 Å². The molecule has 1 aromatic heterocycles. The lowest BCUT2D eigenvalue weighted by Crippen LogP contribution is -2.49. The second-order valence-electron chi connectivity index (χ2n) is 11.6. The lowest BCUT2D eigenvalue weighted by Gasteiger charge is -2.37. The third-order valence-corrected chi connectivity index (χ3v) is 8.10. The fourth-order valence-electron chi connectivity index (χ4n) is 6.16. The number of aromatic nitrogens is 1. The molecule has 0 saturated carbocycles. The van der Waals surface area contributed by atoms with Crippen molar-refractivity contribution in [2.24, 2.45) is 11.1 Å². The first-order chi connectivity index (χ1) is 19.4. The number of carbonyl (C=O) groups excluding carboxylic acids is 3. The van der Waals surface area contributed by atoms with Gasteiger partial charge in [-0.1, -0.05) is 44.5 Å². The standard InChI is InChI=1S/C30H31ClFN5O4/c1-29(2,3)13-22-30(17-14-34-11-10-19(17)36-28(30)40)23(16-6-5-7-18(31)24(16)32)25(37-22)27(39)35-20-9-8-15(26(33)38)12-21(20)41-4/h5-12,14,22-23,25,37H,13H2,1-4H3,(H2,33,38)(H,35,39)(H,36,40). The monoisotopic (exact) mass is 579 g/mol. The number of nitrogens with zero attached hydrogens (tertiary/aromatic N) is 1. The van der Waals surface area contributed by atoms with Crippen molar-refractivity contribution in [2.45, 2.75) is 50.6 Å². The van der Waals surface area contributed by atoms with Gasteiger partial charge < -0.3 is 26.4 Å². The smallest absolute Gasteiger partial charge is 0.248 e. The van der Waals surface area contributed by atoms with E-state index in [0.717, 1.165) is 0 Å². The summed E-state index contributed by atoms with van der Waals surface area (Å²) in [7, 11) is 1.40. The molecule has 4 unspecified atom stereocenters. The number of amides is 3. The first-order valence-electron chi connectivity index (χ1n) is 13.1. The first kappa shape index (κ1) is 28.5. The van der Waals surface area contributed by atoms with Gasteiger partial charge >= 0.3 is 0 Å². The third-order valence-electron chi connectivity index (χ3n) is 7.80. The zero-order chi connectivity index (χ0) is 29.7. The highest BCUT2D eigenvalue weighted by atomic mass is 35.5. The summed E-state index contributed by atoms with van der Waals surface area (Å²) in [6, 6.07) is 9.01. The Bertz CT molecular complexity index is 1560. The van der Waals surface area contributed by atoms with Crippen LogP contribution < -0.4 is 26.4 Å². The normalized spacial score (nSPS) is 23.3. The van der Waals surface area contributed by atoms with Crippen LogP contribution in [-0.2, 0) is 15.0 Å². The highest BCUT2D eigenvalue weighted by Gasteiger charge is 2.66. The molecule has 11 heteroatoms. The predicted molar refractivity (Wildman–Crippen MR) is 154 cm³/mol. The molecule has 41 heavy (non-hydrogen) atoms. The van der Waals surface area contributed by atoms with Gasteiger partial charge in [0, 0.05) is 41.2 Å². The van der Waals surface area contributed by atoms with Crippen LogP contribution in [0.15, 0.2) is 54.9 Å². The molecule has 3 heterocycles. The Morgan fingerprint density at radius 1 is 1.22 bits per heavy atom. The third kappa shape index (κ3) is 4.81. The zero-order valence-electron chi connectivity index (χ0n) is 23.0. The minimum atomic E-state index is -1.38. The minimum Gasteiger partial charge on any atom is -0.495 e. The van der Waals surface area contributed by atoms with Gasteiger partial charge in [0.25, 0.3) is 0 Å². The van der Waals surface area contributed by atoms with E-state index in [0.29, 0.717) is 17.7 Å². The molecule has 3 amide bonds. The Labute approximate surface area is 242 Å². The average molecular weight is 580 g/mol. The Morgan fingerprint density at radius 2 is 1.98 bits per heavy atom. The van der Waals surface area contributed by atoms with Gasteiger partial charge in [0.15, 0.2) is 0 Å². The molecule has 5 N–H and O–H groups in total. The number of carbonyl (C=O) groups is 3. The van der Waals surface area contributed by atoms with Crippen LogP contribution in [0.2, 0.25) is 5.02 Å². The number of rotatable bonds is 6. The topological polar surface area (TPSA) is 135 Å². The van der Waals surface area contributed by atoms with Crippen molar-refractivity contribution in [3.8, 4) is 5.75 Å². The number of nitrogens with two attached hydrogens (primary N) is 1. The second-order valence-corrected chi connectivity index (χ2v) is 12.0. The number of halogens is 2. The van der Waals surface area contributed by atoms with E-state index >= 15 is 4.39 Å². The van der Waals surface area contributed by atoms with Gasteiger partial charge in [-0.2, -0.15) is 0 Å². The number of nitrogens with one attached hydrogen (secondary N) is 3. The van der Waals surface area contributed by atoms with Crippen LogP contribution in [0.1, 0.15) is 54.6 Å². The summed E-state index contributed by atoms with van der Waals surface area (Å²) in [4.78, 5) is 44.2. The van der Waals surface area contributed by atoms with Crippen LogP contribution in [-0.4, -0.2) is 41.9 Å². The van der Waals surface area contributed by atoms with E-state index in [9.17, 15) is 14.4 Å². The summed E-state index contributed by atoms with van der Waals surface area (Å²) < 4.78 is 21.3. The van der Waals surface area contributed by atoms with E-state index in [-0.39, 0.29) is 38.9 Å². The van der Waals surface area contributed by atoms with Gasteiger partial charge in [0.1, 0.15) is 17.0 Å². The van der Waals surface area contributed by atoms with Crippen LogP contribution in [0.3, 0.4) is 0 Å². The molecule has 1 spiro atoms. The molecule has 0 bridgehead atoms. The van der Waals surface area contributed by atoms with Crippen molar-refractivity contribution >= 4 is 40.7 Å². The molecule has 1 saturated heterocycles. The Balaban J connectivity index is 1.69. The SMILES string of the molecule is COc1cc(C(N)=O)ccc1NC(=O)C1NC(CC(C)(C)C)C2(C(=O)Nc3ccncc32)C1c1cccc(Cl)c1F. The number of ether oxygens (including phenoxy) is 1. The van der Waals surface area contributed by atoms with Crippen LogP contribution in [0.4, 0.5) is 15.8 Å². The summed E-state index contributed by atoms with van der Waals surface area (Å²) in [5, 5.41) is 9.09. The molecule has 2 aliphatic heterocycles. The Morgan fingerprint density at radius 3 is 2.66 bits per heavy atom. The Hall–Kier alpha value is -4.02. The maximum Gasteiger partial charge on any atom is 0.248 e. The highest BCUT2D eigenvalue weighted by molar-refractivity contribution is 6.30. The van der Waals surface area contributed by atoms with E-state index in [2.05, 4.69) is 20.9 Å². The second kappa shape index (κ2) is 10.4. The molecule has 3 aromatic rings. The zero-order valence-corrected chi connectivity index (χ0v) is 23.8. The van der Waals surface area contributed by atoms with Gasteiger partial charge in [0.2, 0.25) is 17.7 Å². The largest absolute Gasteiger partial charge is 0.495 e. The summed E-state index contributed by atoms with van der Waals surface area (Å²) in [6.07, 6.45) is 3.65. The van der Waals surface area contributed by atoms with E-state index in [1.54, 1.807) is 30.6 Å². The molecule has 9 nitrogen and oxygen atoms in total. The Kier molecular flexibility index (Phi) is 7.25. The van der Waals surface area contributed by atoms with Crippen LogP contribution in [0.5, 0.6) is 5.75 Å². The summed E-state index contributed by atoms with van der Waals surface area (Å²) in [5.41, 5.74) is 5.49. The molecule has 5 rings (SSSR count). The average Bonchev–Trinajstić information content (AvgIpc) is 3.40. The van der Waals surface area contributed by atoms with Gasteiger partial charge in [-0.25, -0.2) is 4.39 Å². The fourth-order valence-corrected chi connectivity index (χ4v) is 6.34. The summed E-state index contributed by atoms with van der Waals surface area (Å²) >= 11 is 6.24. The maximum atomic E-state index is 15.9. The molecule has 2 aromatic carbocycles. The fraction of sp³-hybridized carbons (Fsp3) is 0.333. The lowest BCUT2D eigenvalue weighted by molar-refractivity contribution is -0.122. The summed E-state index contributed by atoms with van der Waals surface area (Å²) in [5.74, 6) is -3.03. The molecule has 0 aliphatic carbocycles. The maximum absolute atomic E-state index is 15.9. The van der Waals surface area contributed by atoms with E-state index < -0.39 is 41.0 Å². The van der Waals surface area contributed by atoms with Gasteiger partial charge in [-0.05, 0) is 47.7 Å². The lowest BCUT2D eigenvalue weighted by atomic mass is 9.62. The van der Waals surface area contributed by atoms with Crippen molar-refractivity contribution < 1.29 is 23.5 Å². The number of hydrogen-bond acceptors (Lipinski definition) is 6. The number of anilines is 2. The van der Waals surface area contributed by atoms with Crippen LogP contribution in [0, 0.1) is 11.2 Å². The molecule has 1 fully saturated rings. The number of primary amides is 1. The van der Waals surface area contributed by atoms with Crippen molar-refractivity contribution in [2.75, 3.05) is 17.7 Å². The summed E-state index contributed by atoms with van der Waals surface area (Å²) in [6.45, 7) is 6.10. The van der Waals surface area contributed by atoms with Crippen molar-refractivity contribution in [1.82, 2.24) is 10.3 Å². The van der Waals surface area contributed by atoms with E-state index in [4.69, 9.17) is 22.1 Å². The predicted octanol–water partition coefficient (Wildman–Crippen LogP) is 4.37. The van der Waals surface area contributed by atoms with Crippen LogP contribution in [0.25, 0.3) is 0 Å². The number of hydrogen-bond donors (Lipinski definition) is 4. The number of pyridine rings is 1. The number of benzene rings is 2. The highest BCUT2D eigenvalue weighted by Crippen LogP contribution is 2.56. The van der Waals surface area contributed by atoms with Crippen molar-refractivity contribution in [3.05, 3.63) is 82.4 Å². The van der Waals surface area contributed by atoms with Crippen LogP contribution >= 0.6 is 11.6 Å². The number of methoxy groups -OCH3 is 1. The van der Waals surface area contributed by atoms with Gasteiger partial charge in [-0.15, -0.1) is 0 Å². The van der Waals surface area contributed by atoms with E-state index in [1.165, 1.54) is 31.4 Å². The van der Waals surface area contributed by atoms with Gasteiger partial charge in [0.05, 0.1) is 23.9 Å². The molecular weight excluding hydrogens is 549 g/mol. The molecule has 0 radical (unpaired) electrons. The number of fused-ring (bicyclic) bond motifs is 2.